The first kappa shape index (κ1) is 11.1. The van der Waals surface area contributed by atoms with Crippen LogP contribution in [-0.2, 0) is 6.54 Å². The van der Waals surface area contributed by atoms with Gasteiger partial charge >= 0.3 is 0 Å². The number of hydrogen-bond acceptors (Lipinski definition) is 2. The van der Waals surface area contributed by atoms with Gasteiger partial charge in [0.2, 0.25) is 5.95 Å². The van der Waals surface area contributed by atoms with Crippen LogP contribution < -0.4 is 5.32 Å². The van der Waals surface area contributed by atoms with Crippen molar-refractivity contribution in [2.75, 3.05) is 11.9 Å². The van der Waals surface area contributed by atoms with Crippen molar-refractivity contribution in [3.63, 3.8) is 0 Å². The molecule has 0 spiro atoms. The lowest BCUT2D eigenvalue weighted by molar-refractivity contribution is 0.625. The summed E-state index contributed by atoms with van der Waals surface area (Å²) in [5.41, 5.74) is 0. The first-order valence-corrected chi connectivity index (χ1v) is 5.49. The molecule has 3 heteroatoms. The van der Waals surface area contributed by atoms with Crippen LogP contribution in [0.15, 0.2) is 12.4 Å². The number of aromatic nitrogens is 2. The molecular weight excluding hydrogens is 174 g/mol. The van der Waals surface area contributed by atoms with Gasteiger partial charge in [0.05, 0.1) is 0 Å². The van der Waals surface area contributed by atoms with E-state index in [0.717, 1.165) is 19.0 Å². The van der Waals surface area contributed by atoms with Gasteiger partial charge in [0.1, 0.15) is 0 Å². The van der Waals surface area contributed by atoms with Crippen LogP contribution in [0.2, 0.25) is 0 Å². The minimum Gasteiger partial charge on any atom is -0.355 e. The van der Waals surface area contributed by atoms with Gasteiger partial charge in [-0.2, -0.15) is 0 Å². The topological polar surface area (TPSA) is 29.9 Å². The number of nitrogens with one attached hydrogen (secondary N) is 1. The van der Waals surface area contributed by atoms with Gasteiger partial charge in [0.25, 0.3) is 0 Å². The molecule has 1 aromatic heterocycles. The average molecular weight is 195 g/mol. The fourth-order valence-corrected chi connectivity index (χ4v) is 1.28. The van der Waals surface area contributed by atoms with Crippen molar-refractivity contribution in [2.24, 2.45) is 5.92 Å². The van der Waals surface area contributed by atoms with Crippen molar-refractivity contribution in [3.05, 3.63) is 12.4 Å². The molecule has 0 saturated carbocycles. The molecule has 0 aliphatic heterocycles. The molecule has 80 valence electrons. The van der Waals surface area contributed by atoms with Crippen molar-refractivity contribution in [1.82, 2.24) is 9.55 Å². The van der Waals surface area contributed by atoms with Gasteiger partial charge in [-0.15, -0.1) is 0 Å². The first-order chi connectivity index (χ1) is 6.74. The Bertz CT molecular complexity index is 253. The van der Waals surface area contributed by atoms with E-state index in [4.69, 9.17) is 0 Å². The molecule has 0 aromatic carbocycles. The summed E-state index contributed by atoms with van der Waals surface area (Å²) in [5.74, 6) is 1.67. The van der Waals surface area contributed by atoms with E-state index in [1.54, 1.807) is 0 Å². The summed E-state index contributed by atoms with van der Waals surface area (Å²) in [6, 6.07) is 0. The number of nitrogens with zero attached hydrogens (tertiary/aromatic N) is 2. The molecule has 0 aliphatic carbocycles. The van der Waals surface area contributed by atoms with Crippen LogP contribution in [0.25, 0.3) is 0 Å². The second-order valence-corrected chi connectivity index (χ2v) is 4.07. The minimum atomic E-state index is 0.659. The van der Waals surface area contributed by atoms with Crippen LogP contribution >= 0.6 is 0 Å². The highest BCUT2D eigenvalue weighted by atomic mass is 15.2. The second kappa shape index (κ2) is 5.68. The Morgan fingerprint density at radius 1 is 1.50 bits per heavy atom. The van der Waals surface area contributed by atoms with E-state index in [1.165, 1.54) is 12.8 Å². The summed E-state index contributed by atoms with van der Waals surface area (Å²) >= 11 is 0. The van der Waals surface area contributed by atoms with Gasteiger partial charge in [-0.3, -0.25) is 0 Å². The van der Waals surface area contributed by atoms with Gasteiger partial charge in [0, 0.05) is 25.5 Å². The van der Waals surface area contributed by atoms with Crippen LogP contribution in [-0.4, -0.2) is 16.1 Å². The van der Waals surface area contributed by atoms with Gasteiger partial charge in [-0.05, 0) is 12.3 Å². The predicted molar refractivity (Wildman–Crippen MR) is 60.5 cm³/mol. The highest BCUT2D eigenvalue weighted by molar-refractivity contribution is 5.25. The Kier molecular flexibility index (Phi) is 4.50. The van der Waals surface area contributed by atoms with Crippen molar-refractivity contribution < 1.29 is 0 Å². The van der Waals surface area contributed by atoms with E-state index in [1.807, 2.05) is 12.4 Å². The highest BCUT2D eigenvalue weighted by Gasteiger charge is 2.01. The van der Waals surface area contributed by atoms with Crippen LogP contribution in [0.1, 0.15) is 33.6 Å². The number of hydrogen-bond donors (Lipinski definition) is 1. The number of aryl methyl sites for hydroxylation is 1. The zero-order valence-electron chi connectivity index (χ0n) is 9.45. The largest absolute Gasteiger partial charge is 0.355 e. The molecule has 0 unspecified atom stereocenters. The summed E-state index contributed by atoms with van der Waals surface area (Å²) in [4.78, 5) is 4.29. The van der Waals surface area contributed by atoms with E-state index < -0.39 is 0 Å². The van der Waals surface area contributed by atoms with Gasteiger partial charge in [-0.25, -0.2) is 4.98 Å². The average Bonchev–Trinajstić information content (AvgIpc) is 2.58. The number of imidazole rings is 1. The maximum absolute atomic E-state index is 4.29. The number of anilines is 1. The molecule has 0 saturated heterocycles. The summed E-state index contributed by atoms with van der Waals surface area (Å²) in [6.45, 7) is 8.66. The fourth-order valence-electron chi connectivity index (χ4n) is 1.28. The fraction of sp³-hybridized carbons (Fsp3) is 0.727. The van der Waals surface area contributed by atoms with E-state index in [9.17, 15) is 0 Å². The summed E-state index contributed by atoms with van der Waals surface area (Å²) in [6.07, 6.45) is 6.34. The molecule has 0 radical (unpaired) electrons. The Hall–Kier alpha value is -0.990. The molecule has 1 rings (SSSR count). The first-order valence-electron chi connectivity index (χ1n) is 5.49. The normalized spacial score (nSPS) is 10.9. The number of unbranched alkanes of at least 4 members (excludes halogenated alkanes) is 1. The van der Waals surface area contributed by atoms with Crippen LogP contribution in [0, 0.1) is 5.92 Å². The SMILES string of the molecule is CCCCn1ccnc1NCC(C)C. The monoisotopic (exact) mass is 195 g/mol. The molecular formula is C11H21N3. The third-order valence-electron chi connectivity index (χ3n) is 2.14. The second-order valence-electron chi connectivity index (χ2n) is 4.07. The van der Waals surface area contributed by atoms with E-state index in [0.29, 0.717) is 5.92 Å². The molecule has 0 fully saturated rings. The Labute approximate surface area is 86.5 Å². The van der Waals surface area contributed by atoms with E-state index >= 15 is 0 Å². The summed E-state index contributed by atoms with van der Waals surface area (Å²) in [5, 5.41) is 3.35. The molecule has 1 N–H and O–H groups in total. The quantitative estimate of drug-likeness (QED) is 0.756. The molecule has 14 heavy (non-hydrogen) atoms. The zero-order valence-corrected chi connectivity index (χ0v) is 9.45. The smallest absolute Gasteiger partial charge is 0.202 e. The highest BCUT2D eigenvalue weighted by Crippen LogP contribution is 2.07. The van der Waals surface area contributed by atoms with Crippen LogP contribution in [0.3, 0.4) is 0 Å². The van der Waals surface area contributed by atoms with Crippen molar-refractivity contribution in [3.8, 4) is 0 Å². The summed E-state index contributed by atoms with van der Waals surface area (Å²) in [7, 11) is 0. The van der Waals surface area contributed by atoms with Crippen molar-refractivity contribution in [1.29, 1.82) is 0 Å². The molecule has 0 atom stereocenters. The maximum Gasteiger partial charge on any atom is 0.202 e. The number of rotatable bonds is 6. The Morgan fingerprint density at radius 3 is 2.93 bits per heavy atom. The lowest BCUT2D eigenvalue weighted by Gasteiger charge is -2.10. The maximum atomic E-state index is 4.29. The third-order valence-corrected chi connectivity index (χ3v) is 2.14. The minimum absolute atomic E-state index is 0.659. The van der Waals surface area contributed by atoms with Crippen LogP contribution in [0.5, 0.6) is 0 Å². The molecule has 0 amide bonds. The van der Waals surface area contributed by atoms with Gasteiger partial charge < -0.3 is 9.88 Å². The standard InChI is InChI=1S/C11H21N3/c1-4-5-7-14-8-6-12-11(14)13-9-10(2)3/h6,8,10H,4-5,7,9H2,1-3H3,(H,12,13). The third kappa shape index (κ3) is 3.40. The lowest BCUT2D eigenvalue weighted by atomic mass is 10.2. The van der Waals surface area contributed by atoms with Crippen molar-refractivity contribution in [2.45, 2.75) is 40.2 Å². The Morgan fingerprint density at radius 2 is 2.29 bits per heavy atom. The van der Waals surface area contributed by atoms with Gasteiger partial charge in [0.15, 0.2) is 0 Å². The molecule has 0 aliphatic rings. The van der Waals surface area contributed by atoms with E-state index in [2.05, 4.69) is 35.6 Å². The molecule has 3 nitrogen and oxygen atoms in total. The van der Waals surface area contributed by atoms with Crippen LogP contribution in [0.4, 0.5) is 5.95 Å². The molecule has 1 heterocycles. The molecule has 1 aromatic rings. The molecule has 0 bridgehead atoms. The van der Waals surface area contributed by atoms with Crippen molar-refractivity contribution >= 4 is 5.95 Å². The predicted octanol–water partition coefficient (Wildman–Crippen LogP) is 2.75. The van der Waals surface area contributed by atoms with E-state index in [-0.39, 0.29) is 0 Å². The van der Waals surface area contributed by atoms with Gasteiger partial charge in [-0.1, -0.05) is 27.2 Å². The Balaban J connectivity index is 2.45. The zero-order chi connectivity index (χ0) is 10.4. The summed E-state index contributed by atoms with van der Waals surface area (Å²) < 4.78 is 2.19. The lowest BCUT2D eigenvalue weighted by Crippen LogP contribution is -2.12.